The maximum atomic E-state index is 6.08. The van der Waals surface area contributed by atoms with Crippen LogP contribution in [0.4, 0.5) is 0 Å². The SMILES string of the molecule is COc1cc(OC)c(C=Nn2c(-c3cccc(Cl)c3)n[nH]c2=S)c(OC)c1. The van der Waals surface area contributed by atoms with Crippen LogP contribution in [0, 0.1) is 4.77 Å². The second-order valence-electron chi connectivity index (χ2n) is 5.36. The molecule has 0 radical (unpaired) electrons. The molecule has 0 fully saturated rings. The second kappa shape index (κ2) is 8.24. The van der Waals surface area contributed by atoms with Gasteiger partial charge >= 0.3 is 0 Å². The fraction of sp³-hybridized carbons (Fsp3) is 0.167. The number of methoxy groups -OCH3 is 3. The Balaban J connectivity index is 2.08. The van der Waals surface area contributed by atoms with Gasteiger partial charge in [-0.3, -0.25) is 0 Å². The first-order valence-corrected chi connectivity index (χ1v) is 8.63. The molecule has 0 spiro atoms. The zero-order chi connectivity index (χ0) is 19.4. The molecule has 1 heterocycles. The lowest BCUT2D eigenvalue weighted by Gasteiger charge is -2.12. The topological polar surface area (TPSA) is 73.7 Å². The molecule has 1 aromatic heterocycles. The molecule has 1 N–H and O–H groups in total. The molecule has 0 saturated heterocycles. The summed E-state index contributed by atoms with van der Waals surface area (Å²) >= 11 is 11.4. The van der Waals surface area contributed by atoms with Gasteiger partial charge < -0.3 is 14.2 Å². The summed E-state index contributed by atoms with van der Waals surface area (Å²) in [5, 5.41) is 12.0. The van der Waals surface area contributed by atoms with Gasteiger partial charge in [0.1, 0.15) is 17.2 Å². The molecular formula is C18H17ClN4O3S. The van der Waals surface area contributed by atoms with Crippen molar-refractivity contribution in [3.05, 3.63) is 51.8 Å². The Morgan fingerprint density at radius 1 is 1.11 bits per heavy atom. The van der Waals surface area contributed by atoms with Crippen molar-refractivity contribution in [1.29, 1.82) is 0 Å². The van der Waals surface area contributed by atoms with E-state index in [0.29, 0.717) is 38.4 Å². The maximum Gasteiger partial charge on any atom is 0.216 e. The minimum Gasteiger partial charge on any atom is -0.496 e. The third-order valence-corrected chi connectivity index (χ3v) is 4.29. The molecule has 3 rings (SSSR count). The van der Waals surface area contributed by atoms with E-state index in [1.807, 2.05) is 12.1 Å². The predicted molar refractivity (Wildman–Crippen MR) is 107 cm³/mol. The predicted octanol–water partition coefficient (Wildman–Crippen LogP) is 4.17. The summed E-state index contributed by atoms with van der Waals surface area (Å²) in [4.78, 5) is 0. The number of nitrogens with zero attached hydrogens (tertiary/aromatic N) is 3. The van der Waals surface area contributed by atoms with Crippen molar-refractivity contribution >= 4 is 30.0 Å². The van der Waals surface area contributed by atoms with Crippen molar-refractivity contribution in [2.45, 2.75) is 0 Å². The van der Waals surface area contributed by atoms with Crippen molar-refractivity contribution < 1.29 is 14.2 Å². The zero-order valence-corrected chi connectivity index (χ0v) is 16.5. The van der Waals surface area contributed by atoms with Crippen LogP contribution in [0.25, 0.3) is 11.4 Å². The van der Waals surface area contributed by atoms with Gasteiger partial charge in [-0.05, 0) is 24.4 Å². The highest BCUT2D eigenvalue weighted by Crippen LogP contribution is 2.32. The van der Waals surface area contributed by atoms with Gasteiger partial charge in [-0.1, -0.05) is 23.7 Å². The molecule has 0 amide bonds. The molecule has 7 nitrogen and oxygen atoms in total. The summed E-state index contributed by atoms with van der Waals surface area (Å²) in [7, 11) is 4.70. The Morgan fingerprint density at radius 2 is 1.81 bits per heavy atom. The number of nitrogens with one attached hydrogen (secondary N) is 1. The first-order valence-electron chi connectivity index (χ1n) is 7.85. The van der Waals surface area contributed by atoms with E-state index in [-0.39, 0.29) is 0 Å². The van der Waals surface area contributed by atoms with Gasteiger partial charge in [0.2, 0.25) is 4.77 Å². The lowest BCUT2D eigenvalue weighted by molar-refractivity contribution is 0.374. The van der Waals surface area contributed by atoms with Crippen LogP contribution in [0.2, 0.25) is 5.02 Å². The van der Waals surface area contributed by atoms with Crippen LogP contribution < -0.4 is 14.2 Å². The van der Waals surface area contributed by atoms with Crippen molar-refractivity contribution in [1.82, 2.24) is 14.9 Å². The van der Waals surface area contributed by atoms with Crippen LogP contribution in [0.3, 0.4) is 0 Å². The Morgan fingerprint density at radius 3 is 2.41 bits per heavy atom. The first kappa shape index (κ1) is 18.9. The van der Waals surface area contributed by atoms with E-state index in [4.69, 9.17) is 38.0 Å². The highest BCUT2D eigenvalue weighted by Gasteiger charge is 2.13. The quantitative estimate of drug-likeness (QED) is 0.493. The van der Waals surface area contributed by atoms with Gasteiger partial charge in [0.05, 0.1) is 33.1 Å². The van der Waals surface area contributed by atoms with E-state index >= 15 is 0 Å². The van der Waals surface area contributed by atoms with Gasteiger partial charge in [-0.2, -0.15) is 14.9 Å². The molecule has 0 saturated carbocycles. The molecular weight excluding hydrogens is 388 g/mol. The number of hydrogen-bond acceptors (Lipinski definition) is 6. The highest BCUT2D eigenvalue weighted by atomic mass is 35.5. The standard InChI is InChI=1S/C18H17ClN4O3S/c1-24-13-8-15(25-2)14(16(9-13)26-3)10-20-23-17(21-22-18(23)27)11-5-4-6-12(19)7-11/h4-10H,1-3H3,(H,22,27). The van der Waals surface area contributed by atoms with Gasteiger partial charge in [-0.25, -0.2) is 5.10 Å². The zero-order valence-electron chi connectivity index (χ0n) is 14.9. The summed E-state index contributed by atoms with van der Waals surface area (Å²) in [6.07, 6.45) is 1.59. The molecule has 0 aliphatic carbocycles. The molecule has 2 aromatic carbocycles. The van der Waals surface area contributed by atoms with Gasteiger partial charge in [0, 0.05) is 22.7 Å². The van der Waals surface area contributed by atoms with E-state index < -0.39 is 0 Å². The number of benzene rings is 2. The Kier molecular flexibility index (Phi) is 5.78. The average Bonchev–Trinajstić information content (AvgIpc) is 3.06. The van der Waals surface area contributed by atoms with Crippen LogP contribution in [-0.2, 0) is 0 Å². The summed E-state index contributed by atoms with van der Waals surface area (Å²) in [6.45, 7) is 0. The third kappa shape index (κ3) is 3.96. The molecule has 9 heteroatoms. The minimum absolute atomic E-state index is 0.340. The van der Waals surface area contributed by atoms with Crippen molar-refractivity contribution in [3.63, 3.8) is 0 Å². The molecule has 0 unspecified atom stereocenters. The van der Waals surface area contributed by atoms with E-state index in [1.165, 1.54) is 4.68 Å². The van der Waals surface area contributed by atoms with Crippen molar-refractivity contribution in [2.75, 3.05) is 21.3 Å². The second-order valence-corrected chi connectivity index (χ2v) is 6.19. The molecule has 140 valence electrons. The number of rotatable bonds is 6. The normalized spacial score (nSPS) is 11.0. The van der Waals surface area contributed by atoms with Crippen LogP contribution in [0.5, 0.6) is 17.2 Å². The molecule has 3 aromatic rings. The third-order valence-electron chi connectivity index (χ3n) is 3.79. The largest absolute Gasteiger partial charge is 0.496 e. The number of aromatic amines is 1. The number of halogens is 1. The van der Waals surface area contributed by atoms with Gasteiger partial charge in [0.25, 0.3) is 0 Å². The summed E-state index contributed by atoms with van der Waals surface area (Å²) in [5.41, 5.74) is 1.42. The van der Waals surface area contributed by atoms with E-state index in [1.54, 1.807) is 51.8 Å². The van der Waals surface area contributed by atoms with Gasteiger partial charge in [-0.15, -0.1) is 0 Å². The maximum absolute atomic E-state index is 6.08. The lowest BCUT2D eigenvalue weighted by atomic mass is 10.2. The Hall–Kier alpha value is -2.84. The summed E-state index contributed by atoms with van der Waals surface area (Å²) in [5.74, 6) is 2.24. The molecule has 0 aliphatic rings. The van der Waals surface area contributed by atoms with Crippen LogP contribution >= 0.6 is 23.8 Å². The molecule has 27 heavy (non-hydrogen) atoms. The summed E-state index contributed by atoms with van der Waals surface area (Å²) < 4.78 is 18.0. The fourth-order valence-electron chi connectivity index (χ4n) is 2.49. The van der Waals surface area contributed by atoms with Crippen molar-refractivity contribution in [2.24, 2.45) is 5.10 Å². The summed E-state index contributed by atoms with van der Waals surface area (Å²) in [6, 6.07) is 10.8. The number of H-pyrrole nitrogens is 1. The molecule has 0 aliphatic heterocycles. The van der Waals surface area contributed by atoms with Crippen LogP contribution in [0.1, 0.15) is 5.56 Å². The lowest BCUT2D eigenvalue weighted by Crippen LogP contribution is -2.00. The Labute approximate surface area is 166 Å². The van der Waals surface area contributed by atoms with Crippen LogP contribution in [-0.4, -0.2) is 42.4 Å². The first-order chi connectivity index (χ1) is 13.1. The van der Waals surface area contributed by atoms with Crippen molar-refractivity contribution in [3.8, 4) is 28.6 Å². The fourth-order valence-corrected chi connectivity index (χ4v) is 2.86. The molecule has 0 atom stereocenters. The number of ether oxygens (including phenoxy) is 3. The average molecular weight is 405 g/mol. The highest BCUT2D eigenvalue weighted by molar-refractivity contribution is 7.71. The monoisotopic (exact) mass is 404 g/mol. The Bertz CT molecular complexity index is 1020. The number of hydrogen-bond donors (Lipinski definition) is 1. The van der Waals surface area contributed by atoms with Crippen LogP contribution in [0.15, 0.2) is 41.5 Å². The van der Waals surface area contributed by atoms with E-state index in [2.05, 4.69) is 15.3 Å². The minimum atomic E-state index is 0.340. The van der Waals surface area contributed by atoms with E-state index in [0.717, 1.165) is 5.56 Å². The van der Waals surface area contributed by atoms with E-state index in [9.17, 15) is 0 Å². The van der Waals surface area contributed by atoms with Gasteiger partial charge in [0.15, 0.2) is 5.82 Å². The smallest absolute Gasteiger partial charge is 0.216 e. The molecule has 0 bridgehead atoms. The number of aromatic nitrogens is 3.